The average Bonchev–Trinajstić information content (AvgIpc) is 2.90. The predicted octanol–water partition coefficient (Wildman–Crippen LogP) is 2.30. The van der Waals surface area contributed by atoms with E-state index in [0.29, 0.717) is 39.7 Å². The topological polar surface area (TPSA) is 122 Å². The van der Waals surface area contributed by atoms with Gasteiger partial charge in [0, 0.05) is 5.56 Å². The first-order valence-electron chi connectivity index (χ1n) is 6.84. The molecule has 0 fully saturated rings. The monoisotopic (exact) mass is 319 g/mol. The summed E-state index contributed by atoms with van der Waals surface area (Å²) < 4.78 is 0. The molecule has 0 radical (unpaired) electrons. The van der Waals surface area contributed by atoms with E-state index in [1.165, 1.54) is 4.80 Å². The number of rotatable bonds is 2. The van der Waals surface area contributed by atoms with Gasteiger partial charge in [0.25, 0.3) is 0 Å². The lowest BCUT2D eigenvalue weighted by molar-refractivity contribution is 0.601. The Morgan fingerprint density at radius 3 is 2.55 bits per heavy atom. The molecule has 2 heterocycles. The number of benzene rings is 1. The van der Waals surface area contributed by atoms with Crippen molar-refractivity contribution in [2.24, 2.45) is 0 Å². The molecule has 2 aromatic heterocycles. The fourth-order valence-corrected chi connectivity index (χ4v) is 2.16. The fraction of sp³-hybridized carbons (Fsp3) is 0.214. The third-order valence-corrected chi connectivity index (χ3v) is 3.21. The molecule has 0 aliphatic rings. The summed E-state index contributed by atoms with van der Waals surface area (Å²) in [5.41, 5.74) is 19.7. The summed E-state index contributed by atoms with van der Waals surface area (Å²) in [6.45, 7) is 4.34. The van der Waals surface area contributed by atoms with Crippen molar-refractivity contribution in [2.45, 2.75) is 20.4 Å². The lowest BCUT2D eigenvalue weighted by atomic mass is 10.2. The van der Waals surface area contributed by atoms with Gasteiger partial charge in [-0.05, 0) is 18.2 Å². The van der Waals surface area contributed by atoms with E-state index in [1.54, 1.807) is 12.1 Å². The van der Waals surface area contributed by atoms with Crippen molar-refractivity contribution >= 4 is 40.0 Å². The Bertz CT molecular complexity index is 797. The van der Waals surface area contributed by atoms with Gasteiger partial charge in [-0.25, -0.2) is 4.98 Å². The van der Waals surface area contributed by atoms with E-state index in [4.69, 9.17) is 28.8 Å². The number of pyridine rings is 1. The third kappa shape index (κ3) is 3.04. The molecular formula is C14H18ClN7. The Kier molecular flexibility index (Phi) is 4.67. The van der Waals surface area contributed by atoms with Crippen LogP contribution in [0.3, 0.4) is 0 Å². The summed E-state index contributed by atoms with van der Waals surface area (Å²) in [5, 5.41) is 9.21. The van der Waals surface area contributed by atoms with Gasteiger partial charge in [-0.3, -0.25) is 0 Å². The zero-order valence-electron chi connectivity index (χ0n) is 12.4. The van der Waals surface area contributed by atoms with Crippen LogP contribution in [0.25, 0.3) is 11.0 Å². The molecule has 8 heteroatoms. The largest absolute Gasteiger partial charge is 0.395 e. The summed E-state index contributed by atoms with van der Waals surface area (Å²) in [6.07, 6.45) is 0. The molecule has 3 rings (SSSR count). The third-order valence-electron chi connectivity index (χ3n) is 2.91. The molecule has 6 N–H and O–H groups in total. The van der Waals surface area contributed by atoms with Crippen LogP contribution < -0.4 is 17.2 Å². The second-order valence-electron chi connectivity index (χ2n) is 4.34. The number of halogens is 1. The van der Waals surface area contributed by atoms with Gasteiger partial charge in [0.1, 0.15) is 22.7 Å². The lowest BCUT2D eigenvalue weighted by Gasteiger charge is -2.08. The van der Waals surface area contributed by atoms with Gasteiger partial charge in [-0.2, -0.15) is 15.0 Å². The molecule has 0 amide bonds. The molecule has 0 aliphatic heterocycles. The van der Waals surface area contributed by atoms with Crippen LogP contribution in [-0.2, 0) is 6.54 Å². The normalized spacial score (nSPS) is 10.3. The highest BCUT2D eigenvalue weighted by molar-refractivity contribution is 6.34. The molecule has 0 saturated carbocycles. The highest BCUT2D eigenvalue weighted by atomic mass is 35.5. The van der Waals surface area contributed by atoms with Crippen molar-refractivity contribution in [3.63, 3.8) is 0 Å². The summed E-state index contributed by atoms with van der Waals surface area (Å²) >= 11 is 6.06. The molecule has 22 heavy (non-hydrogen) atoms. The van der Waals surface area contributed by atoms with Gasteiger partial charge < -0.3 is 17.2 Å². The van der Waals surface area contributed by atoms with Crippen molar-refractivity contribution < 1.29 is 0 Å². The van der Waals surface area contributed by atoms with Crippen LogP contribution in [0.5, 0.6) is 0 Å². The maximum absolute atomic E-state index is 6.06. The molecule has 0 spiro atoms. The number of hydrogen-bond donors (Lipinski definition) is 3. The minimum Gasteiger partial charge on any atom is -0.395 e. The number of hydrogen-bond acceptors (Lipinski definition) is 6. The highest BCUT2D eigenvalue weighted by Crippen LogP contribution is 2.23. The van der Waals surface area contributed by atoms with E-state index in [2.05, 4.69) is 15.2 Å². The summed E-state index contributed by atoms with van der Waals surface area (Å²) in [7, 11) is 0. The first-order chi connectivity index (χ1) is 10.5. The summed E-state index contributed by atoms with van der Waals surface area (Å²) in [5.74, 6) is 0.510. The minimum absolute atomic E-state index is 0.203. The van der Waals surface area contributed by atoms with Gasteiger partial charge >= 0.3 is 0 Å². The second kappa shape index (κ2) is 6.48. The molecule has 1 aromatic carbocycles. The number of nitrogens with zero attached hydrogens (tertiary/aromatic N) is 4. The van der Waals surface area contributed by atoms with E-state index >= 15 is 0 Å². The first kappa shape index (κ1) is 15.8. The maximum atomic E-state index is 6.06. The Labute approximate surface area is 133 Å². The zero-order valence-corrected chi connectivity index (χ0v) is 13.2. The van der Waals surface area contributed by atoms with Gasteiger partial charge in [-0.1, -0.05) is 31.5 Å². The predicted molar refractivity (Wildman–Crippen MR) is 90.5 cm³/mol. The number of aromatic nitrogens is 4. The zero-order chi connectivity index (χ0) is 16.3. The molecule has 7 nitrogen and oxygen atoms in total. The fourth-order valence-electron chi connectivity index (χ4n) is 1.95. The molecule has 0 bridgehead atoms. The molecule has 116 valence electrons. The van der Waals surface area contributed by atoms with Crippen LogP contribution >= 0.6 is 11.6 Å². The molecule has 0 aliphatic carbocycles. The number of nitrogens with two attached hydrogens (primary N) is 3. The maximum Gasteiger partial charge on any atom is 0.149 e. The SMILES string of the molecule is CC.Nc1cc(Cn2nc3cccc(Cl)c3n2)c(N)c(N)n1. The van der Waals surface area contributed by atoms with E-state index in [-0.39, 0.29) is 5.82 Å². The molecule has 0 unspecified atom stereocenters. The summed E-state index contributed by atoms with van der Waals surface area (Å²) in [4.78, 5) is 5.39. The van der Waals surface area contributed by atoms with Crippen LogP contribution in [0.4, 0.5) is 17.3 Å². The Hall–Kier alpha value is -2.54. The van der Waals surface area contributed by atoms with E-state index in [9.17, 15) is 0 Å². The first-order valence-corrected chi connectivity index (χ1v) is 7.22. The highest BCUT2D eigenvalue weighted by Gasteiger charge is 2.10. The van der Waals surface area contributed by atoms with Crippen molar-refractivity contribution in [3.05, 3.63) is 34.9 Å². The molecule has 0 saturated heterocycles. The van der Waals surface area contributed by atoms with Crippen LogP contribution in [-0.4, -0.2) is 20.0 Å². The van der Waals surface area contributed by atoms with E-state index in [0.717, 1.165) is 0 Å². The van der Waals surface area contributed by atoms with Gasteiger partial charge in [0.2, 0.25) is 0 Å². The van der Waals surface area contributed by atoms with Gasteiger partial charge in [0.05, 0.1) is 17.3 Å². The minimum atomic E-state index is 0.203. The lowest BCUT2D eigenvalue weighted by Crippen LogP contribution is -2.10. The number of nitrogen functional groups attached to an aromatic ring is 3. The quantitative estimate of drug-likeness (QED) is 0.666. The average molecular weight is 320 g/mol. The second-order valence-corrected chi connectivity index (χ2v) is 4.75. The van der Waals surface area contributed by atoms with Crippen molar-refractivity contribution in [1.82, 2.24) is 20.0 Å². The van der Waals surface area contributed by atoms with E-state index < -0.39 is 0 Å². The Morgan fingerprint density at radius 2 is 1.86 bits per heavy atom. The van der Waals surface area contributed by atoms with Crippen molar-refractivity contribution in [1.29, 1.82) is 0 Å². The van der Waals surface area contributed by atoms with Crippen LogP contribution in [0.1, 0.15) is 19.4 Å². The van der Waals surface area contributed by atoms with Gasteiger partial charge in [0.15, 0.2) is 0 Å². The number of fused-ring (bicyclic) bond motifs is 1. The van der Waals surface area contributed by atoms with E-state index in [1.807, 2.05) is 26.0 Å². The van der Waals surface area contributed by atoms with Crippen LogP contribution in [0.2, 0.25) is 5.02 Å². The van der Waals surface area contributed by atoms with Crippen LogP contribution in [0.15, 0.2) is 24.3 Å². The van der Waals surface area contributed by atoms with Gasteiger partial charge in [-0.15, -0.1) is 0 Å². The Morgan fingerprint density at radius 1 is 1.14 bits per heavy atom. The molecule has 3 aromatic rings. The number of anilines is 3. The molecule has 0 atom stereocenters. The smallest absolute Gasteiger partial charge is 0.149 e. The van der Waals surface area contributed by atoms with Crippen molar-refractivity contribution in [3.8, 4) is 0 Å². The Balaban J connectivity index is 0.000000847. The summed E-state index contributed by atoms with van der Waals surface area (Å²) in [6, 6.07) is 7.07. The standard InChI is InChI=1S/C12H12ClN7.C2H6/c13-7-2-1-3-8-11(7)19-20(18-8)5-6-4-9(14)17-12(16)10(6)15;1-2/h1-4H,5,15H2,(H4,14,16,17);1-2H3. The molecular weight excluding hydrogens is 302 g/mol. The van der Waals surface area contributed by atoms with Crippen molar-refractivity contribution in [2.75, 3.05) is 17.2 Å². The van der Waals surface area contributed by atoms with Crippen LogP contribution in [0, 0.1) is 0 Å².